The molecule has 0 saturated carbocycles. The van der Waals surface area contributed by atoms with Crippen LogP contribution < -0.4 is 9.47 Å². The van der Waals surface area contributed by atoms with Crippen molar-refractivity contribution in [3.8, 4) is 28.4 Å². The van der Waals surface area contributed by atoms with E-state index in [9.17, 15) is 23.1 Å². The van der Waals surface area contributed by atoms with E-state index in [-0.39, 0.29) is 22.6 Å². The summed E-state index contributed by atoms with van der Waals surface area (Å²) in [6, 6.07) is 11.0. The lowest BCUT2D eigenvalue weighted by Crippen LogP contribution is -2.09. The molecule has 3 aromatic carbocycles. The first-order chi connectivity index (χ1) is 16.4. The molecule has 180 valence electrons. The molecule has 34 heavy (non-hydrogen) atoms. The van der Waals surface area contributed by atoms with Crippen LogP contribution in [0.15, 0.2) is 54.6 Å². The van der Waals surface area contributed by atoms with Gasteiger partial charge < -0.3 is 14.6 Å². The van der Waals surface area contributed by atoms with Crippen LogP contribution in [0.5, 0.6) is 17.2 Å². The predicted molar refractivity (Wildman–Crippen MR) is 124 cm³/mol. The van der Waals surface area contributed by atoms with E-state index in [1.54, 1.807) is 6.07 Å². The average Bonchev–Trinajstić information content (AvgIpc) is 2.81. The number of unbranched alkanes of at least 4 members (excludes halogenated alkanes) is 5. The van der Waals surface area contributed by atoms with Crippen molar-refractivity contribution in [1.82, 2.24) is 0 Å². The lowest BCUT2D eigenvalue weighted by atomic mass is 10.0. The second kappa shape index (κ2) is 12.1. The third kappa shape index (κ3) is 6.76. The largest absolute Gasteiger partial charge is 0.505 e. The maximum absolute atomic E-state index is 14.7. The van der Waals surface area contributed by atoms with Crippen LogP contribution in [-0.4, -0.2) is 17.7 Å². The number of halogens is 3. The van der Waals surface area contributed by atoms with Gasteiger partial charge >= 0.3 is 5.97 Å². The van der Waals surface area contributed by atoms with Crippen molar-refractivity contribution in [3.05, 3.63) is 77.6 Å². The number of carbonyl (C=O) groups is 1. The zero-order valence-electron chi connectivity index (χ0n) is 19.0. The molecule has 0 aromatic heterocycles. The zero-order valence-corrected chi connectivity index (χ0v) is 19.0. The van der Waals surface area contributed by atoms with E-state index in [1.165, 1.54) is 49.6 Å². The lowest BCUT2D eigenvalue weighted by Gasteiger charge is -2.11. The second-order valence-electron chi connectivity index (χ2n) is 7.96. The quantitative estimate of drug-likeness (QED) is 0.179. The first-order valence-corrected chi connectivity index (χ1v) is 11.3. The maximum Gasteiger partial charge on any atom is 0.343 e. The van der Waals surface area contributed by atoms with Crippen LogP contribution in [0.4, 0.5) is 13.2 Å². The average molecular weight is 473 g/mol. The zero-order chi connectivity index (χ0) is 24.5. The monoisotopic (exact) mass is 472 g/mol. The van der Waals surface area contributed by atoms with Crippen molar-refractivity contribution >= 4 is 5.97 Å². The van der Waals surface area contributed by atoms with Crippen molar-refractivity contribution in [2.45, 2.75) is 45.4 Å². The number of rotatable bonds is 11. The highest BCUT2D eigenvalue weighted by atomic mass is 19.1. The highest BCUT2D eigenvalue weighted by Gasteiger charge is 2.15. The summed E-state index contributed by atoms with van der Waals surface area (Å²) in [6.45, 7) is 2.58. The van der Waals surface area contributed by atoms with Crippen molar-refractivity contribution in [2.75, 3.05) is 6.61 Å². The van der Waals surface area contributed by atoms with Gasteiger partial charge in [-0.2, -0.15) is 0 Å². The Morgan fingerprint density at radius 1 is 0.824 bits per heavy atom. The molecule has 0 aliphatic rings. The molecule has 0 amide bonds. The first kappa shape index (κ1) is 25.1. The normalized spacial score (nSPS) is 10.8. The third-order valence-electron chi connectivity index (χ3n) is 5.33. The highest BCUT2D eigenvalue weighted by Crippen LogP contribution is 2.30. The summed E-state index contributed by atoms with van der Waals surface area (Å²) in [4.78, 5) is 12.1. The Hall–Kier alpha value is -3.48. The number of aromatic hydroxyl groups is 1. The Morgan fingerprint density at radius 2 is 1.59 bits per heavy atom. The molecule has 0 spiro atoms. The fourth-order valence-electron chi connectivity index (χ4n) is 3.44. The topological polar surface area (TPSA) is 55.8 Å². The van der Waals surface area contributed by atoms with Crippen molar-refractivity contribution < 1.29 is 32.5 Å². The van der Waals surface area contributed by atoms with Crippen LogP contribution in [0.3, 0.4) is 0 Å². The Morgan fingerprint density at radius 3 is 2.29 bits per heavy atom. The standard InChI is InChI=1S/C27H27F3O4/c1-2-3-4-5-6-7-14-33-26-13-9-18(15-24(26)30)21-11-10-20(17-22(21)28)34-27(32)19-8-12-25(31)23(29)16-19/h8-13,15-17,31H,2-7,14H2,1H3. The summed E-state index contributed by atoms with van der Waals surface area (Å²) in [7, 11) is 0. The van der Waals surface area contributed by atoms with Crippen LogP contribution in [0, 0.1) is 17.5 Å². The van der Waals surface area contributed by atoms with Crippen LogP contribution in [-0.2, 0) is 0 Å². The number of esters is 1. The van der Waals surface area contributed by atoms with Crippen molar-refractivity contribution in [2.24, 2.45) is 0 Å². The van der Waals surface area contributed by atoms with E-state index in [0.717, 1.165) is 37.5 Å². The number of carbonyl (C=O) groups excluding carboxylic acids is 1. The summed E-state index contributed by atoms with van der Waals surface area (Å²) in [6.07, 6.45) is 6.60. The van der Waals surface area contributed by atoms with Crippen LogP contribution in [0.2, 0.25) is 0 Å². The molecule has 0 bridgehead atoms. The van der Waals surface area contributed by atoms with Gasteiger partial charge in [0.25, 0.3) is 0 Å². The number of ether oxygens (including phenoxy) is 2. The van der Waals surface area contributed by atoms with Gasteiger partial charge in [-0.25, -0.2) is 18.0 Å². The molecule has 1 N–H and O–H groups in total. The third-order valence-corrected chi connectivity index (χ3v) is 5.33. The minimum atomic E-state index is -0.975. The molecule has 3 rings (SSSR count). The van der Waals surface area contributed by atoms with Gasteiger partial charge in [0.05, 0.1) is 12.2 Å². The van der Waals surface area contributed by atoms with E-state index in [4.69, 9.17) is 9.47 Å². The molecule has 0 saturated heterocycles. The minimum Gasteiger partial charge on any atom is -0.505 e. The molecule has 0 aliphatic heterocycles. The van der Waals surface area contributed by atoms with Gasteiger partial charge in [-0.3, -0.25) is 0 Å². The van der Waals surface area contributed by atoms with E-state index in [1.807, 2.05) is 0 Å². The fourth-order valence-corrected chi connectivity index (χ4v) is 3.44. The SMILES string of the molecule is CCCCCCCCOc1ccc(-c2ccc(OC(=O)c3ccc(O)c(F)c3)cc2F)cc1F. The van der Waals surface area contributed by atoms with Gasteiger partial charge in [0.15, 0.2) is 23.1 Å². The Labute approximate surface area is 197 Å². The molecule has 0 unspecified atom stereocenters. The number of benzene rings is 3. The number of hydrogen-bond donors (Lipinski definition) is 1. The number of phenolic OH excluding ortho intramolecular Hbond substituents is 1. The molecular formula is C27H27F3O4. The van der Waals surface area contributed by atoms with E-state index >= 15 is 0 Å². The summed E-state index contributed by atoms with van der Waals surface area (Å²) in [5, 5.41) is 9.21. The summed E-state index contributed by atoms with van der Waals surface area (Å²) in [5.41, 5.74) is 0.288. The van der Waals surface area contributed by atoms with Crippen molar-refractivity contribution in [3.63, 3.8) is 0 Å². The van der Waals surface area contributed by atoms with Crippen LogP contribution in [0.1, 0.15) is 55.8 Å². The van der Waals surface area contributed by atoms with E-state index in [0.29, 0.717) is 12.2 Å². The second-order valence-corrected chi connectivity index (χ2v) is 7.96. The predicted octanol–water partition coefficient (Wildman–Crippen LogP) is 7.44. The number of phenols is 1. The molecule has 7 heteroatoms. The Balaban J connectivity index is 1.61. The fraction of sp³-hybridized carbons (Fsp3) is 0.296. The Bertz CT molecular complexity index is 1130. The molecule has 0 atom stereocenters. The molecule has 3 aromatic rings. The van der Waals surface area contributed by atoms with E-state index in [2.05, 4.69) is 6.92 Å². The molecule has 0 fully saturated rings. The number of hydrogen-bond acceptors (Lipinski definition) is 4. The van der Waals surface area contributed by atoms with E-state index < -0.39 is 29.2 Å². The Kier molecular flexibility index (Phi) is 8.96. The van der Waals surface area contributed by atoms with Gasteiger partial charge in [-0.1, -0.05) is 45.1 Å². The van der Waals surface area contributed by atoms with Gasteiger partial charge in [0.2, 0.25) is 0 Å². The molecule has 4 nitrogen and oxygen atoms in total. The van der Waals surface area contributed by atoms with Crippen LogP contribution in [0.25, 0.3) is 11.1 Å². The van der Waals surface area contributed by atoms with Gasteiger partial charge in [-0.05, 0) is 54.4 Å². The molecular weight excluding hydrogens is 445 g/mol. The molecule has 0 heterocycles. The lowest BCUT2D eigenvalue weighted by molar-refractivity contribution is 0.0734. The molecule has 0 radical (unpaired) electrons. The van der Waals surface area contributed by atoms with Gasteiger partial charge in [0, 0.05) is 11.6 Å². The highest BCUT2D eigenvalue weighted by molar-refractivity contribution is 5.91. The maximum atomic E-state index is 14.7. The minimum absolute atomic E-state index is 0.0981. The summed E-state index contributed by atoms with van der Waals surface area (Å²) < 4.78 is 53.2. The summed E-state index contributed by atoms with van der Waals surface area (Å²) in [5.74, 6) is -3.78. The van der Waals surface area contributed by atoms with Crippen LogP contribution >= 0.6 is 0 Å². The smallest absolute Gasteiger partial charge is 0.343 e. The van der Waals surface area contributed by atoms with Crippen molar-refractivity contribution in [1.29, 1.82) is 0 Å². The van der Waals surface area contributed by atoms with Gasteiger partial charge in [-0.15, -0.1) is 0 Å². The first-order valence-electron chi connectivity index (χ1n) is 11.3. The van der Waals surface area contributed by atoms with Gasteiger partial charge in [0.1, 0.15) is 11.6 Å². The molecule has 0 aliphatic carbocycles. The summed E-state index contributed by atoms with van der Waals surface area (Å²) >= 11 is 0.